The summed E-state index contributed by atoms with van der Waals surface area (Å²) >= 11 is 0. The monoisotopic (exact) mass is 228 g/mol. The molecular weight excluding hydrogens is 200 g/mol. The van der Waals surface area contributed by atoms with Crippen molar-refractivity contribution in [2.45, 2.75) is 76.7 Å². The van der Waals surface area contributed by atoms with Gasteiger partial charge < -0.3 is 10.2 Å². The summed E-state index contributed by atoms with van der Waals surface area (Å²) in [7, 11) is 0. The molecule has 1 aliphatic rings. The summed E-state index contributed by atoms with van der Waals surface area (Å²) in [5, 5.41) is 19.4. The second kappa shape index (κ2) is 7.29. The SMILES string of the molecule is CCC(O)(CCCCCO)C1CCCCC1. The molecule has 2 nitrogen and oxygen atoms in total. The lowest BCUT2D eigenvalue weighted by molar-refractivity contribution is -0.0451. The quantitative estimate of drug-likeness (QED) is 0.657. The second-order valence-corrected chi connectivity index (χ2v) is 5.33. The predicted molar refractivity (Wildman–Crippen MR) is 67.4 cm³/mol. The van der Waals surface area contributed by atoms with E-state index in [-0.39, 0.29) is 6.61 Å². The van der Waals surface area contributed by atoms with Gasteiger partial charge in [-0.3, -0.25) is 0 Å². The van der Waals surface area contributed by atoms with Crippen LogP contribution >= 0.6 is 0 Å². The normalized spacial score (nSPS) is 21.9. The van der Waals surface area contributed by atoms with Gasteiger partial charge in [0.1, 0.15) is 0 Å². The summed E-state index contributed by atoms with van der Waals surface area (Å²) in [4.78, 5) is 0. The van der Waals surface area contributed by atoms with Gasteiger partial charge in [0.25, 0.3) is 0 Å². The van der Waals surface area contributed by atoms with Gasteiger partial charge in [0, 0.05) is 6.61 Å². The number of hydrogen-bond acceptors (Lipinski definition) is 2. The van der Waals surface area contributed by atoms with E-state index in [9.17, 15) is 5.11 Å². The van der Waals surface area contributed by atoms with Crippen LogP contribution in [0.3, 0.4) is 0 Å². The number of unbranched alkanes of at least 4 members (excludes halogenated alkanes) is 2. The van der Waals surface area contributed by atoms with Crippen LogP contribution in [-0.2, 0) is 0 Å². The zero-order valence-corrected chi connectivity index (χ0v) is 10.7. The zero-order chi connectivity index (χ0) is 11.9. The smallest absolute Gasteiger partial charge is 0.0673 e. The first-order chi connectivity index (χ1) is 7.73. The number of aliphatic hydroxyl groups excluding tert-OH is 1. The molecule has 1 atom stereocenters. The average molecular weight is 228 g/mol. The molecule has 0 saturated heterocycles. The van der Waals surface area contributed by atoms with Crippen molar-refractivity contribution in [2.24, 2.45) is 5.92 Å². The van der Waals surface area contributed by atoms with Crippen LogP contribution in [-0.4, -0.2) is 22.4 Å². The molecule has 0 bridgehead atoms. The van der Waals surface area contributed by atoms with E-state index in [0.717, 1.165) is 32.1 Å². The zero-order valence-electron chi connectivity index (χ0n) is 10.7. The van der Waals surface area contributed by atoms with Crippen molar-refractivity contribution in [1.82, 2.24) is 0 Å². The van der Waals surface area contributed by atoms with Gasteiger partial charge in [-0.25, -0.2) is 0 Å². The van der Waals surface area contributed by atoms with Gasteiger partial charge in [0.15, 0.2) is 0 Å². The van der Waals surface area contributed by atoms with E-state index in [2.05, 4.69) is 6.92 Å². The van der Waals surface area contributed by atoms with Crippen LogP contribution in [0.15, 0.2) is 0 Å². The van der Waals surface area contributed by atoms with Crippen LogP contribution in [0, 0.1) is 5.92 Å². The Balaban J connectivity index is 2.35. The van der Waals surface area contributed by atoms with Gasteiger partial charge in [-0.15, -0.1) is 0 Å². The Hall–Kier alpha value is -0.0800. The van der Waals surface area contributed by atoms with Gasteiger partial charge in [0.05, 0.1) is 5.60 Å². The summed E-state index contributed by atoms with van der Waals surface area (Å²) in [5.41, 5.74) is -0.421. The average Bonchev–Trinajstić information content (AvgIpc) is 2.35. The van der Waals surface area contributed by atoms with Crippen LogP contribution in [0.2, 0.25) is 0 Å². The highest BCUT2D eigenvalue weighted by molar-refractivity contribution is 4.87. The van der Waals surface area contributed by atoms with Gasteiger partial charge in [-0.1, -0.05) is 39.0 Å². The largest absolute Gasteiger partial charge is 0.396 e. The molecule has 16 heavy (non-hydrogen) atoms. The van der Waals surface area contributed by atoms with E-state index in [1.165, 1.54) is 32.1 Å². The standard InChI is InChI=1S/C14H28O2/c1-2-14(16,11-7-4-8-12-15)13-9-5-3-6-10-13/h13,15-16H,2-12H2,1H3. The second-order valence-electron chi connectivity index (χ2n) is 5.33. The molecule has 2 heteroatoms. The Kier molecular flexibility index (Phi) is 6.37. The third kappa shape index (κ3) is 4.06. The highest BCUT2D eigenvalue weighted by atomic mass is 16.3. The van der Waals surface area contributed by atoms with Crippen molar-refractivity contribution in [3.8, 4) is 0 Å². The van der Waals surface area contributed by atoms with Crippen LogP contribution in [0.4, 0.5) is 0 Å². The third-order valence-electron chi connectivity index (χ3n) is 4.25. The highest BCUT2D eigenvalue weighted by Crippen LogP contribution is 2.37. The van der Waals surface area contributed by atoms with Crippen LogP contribution in [0.25, 0.3) is 0 Å². The minimum atomic E-state index is -0.421. The molecule has 0 aromatic carbocycles. The van der Waals surface area contributed by atoms with Crippen molar-refractivity contribution < 1.29 is 10.2 Å². The molecule has 0 radical (unpaired) electrons. The molecule has 0 aromatic heterocycles. The minimum Gasteiger partial charge on any atom is -0.396 e. The predicted octanol–water partition coefficient (Wildman–Crippen LogP) is 3.26. The summed E-state index contributed by atoms with van der Waals surface area (Å²) in [6.07, 6.45) is 11.2. The van der Waals surface area contributed by atoms with E-state index in [0.29, 0.717) is 5.92 Å². The molecule has 96 valence electrons. The third-order valence-corrected chi connectivity index (χ3v) is 4.25. The first-order valence-electron chi connectivity index (χ1n) is 7.06. The Morgan fingerprint density at radius 3 is 2.31 bits per heavy atom. The number of aliphatic hydroxyl groups is 2. The van der Waals surface area contributed by atoms with E-state index < -0.39 is 5.60 Å². The Bertz CT molecular complexity index is 176. The lowest BCUT2D eigenvalue weighted by Gasteiger charge is -2.38. The summed E-state index contributed by atoms with van der Waals surface area (Å²) < 4.78 is 0. The molecule has 0 aliphatic heterocycles. The molecule has 1 fully saturated rings. The molecule has 1 rings (SSSR count). The van der Waals surface area contributed by atoms with Crippen LogP contribution in [0.5, 0.6) is 0 Å². The van der Waals surface area contributed by atoms with E-state index in [1.54, 1.807) is 0 Å². The maximum Gasteiger partial charge on any atom is 0.0673 e. The lowest BCUT2D eigenvalue weighted by atomic mass is 9.73. The van der Waals surface area contributed by atoms with Crippen molar-refractivity contribution in [1.29, 1.82) is 0 Å². The first-order valence-corrected chi connectivity index (χ1v) is 7.06. The van der Waals surface area contributed by atoms with Crippen LogP contribution in [0.1, 0.15) is 71.1 Å². The highest BCUT2D eigenvalue weighted by Gasteiger charge is 2.34. The van der Waals surface area contributed by atoms with Gasteiger partial charge in [-0.2, -0.15) is 0 Å². The molecule has 0 aromatic rings. The molecular formula is C14H28O2. The van der Waals surface area contributed by atoms with E-state index in [4.69, 9.17) is 5.11 Å². The number of rotatable bonds is 7. The molecule has 0 spiro atoms. The Morgan fingerprint density at radius 1 is 1.06 bits per heavy atom. The van der Waals surface area contributed by atoms with Gasteiger partial charge in [0.2, 0.25) is 0 Å². The molecule has 0 heterocycles. The Morgan fingerprint density at radius 2 is 1.75 bits per heavy atom. The van der Waals surface area contributed by atoms with Crippen molar-refractivity contribution in [2.75, 3.05) is 6.61 Å². The number of hydrogen-bond donors (Lipinski definition) is 2. The van der Waals surface area contributed by atoms with Crippen molar-refractivity contribution in [3.05, 3.63) is 0 Å². The van der Waals surface area contributed by atoms with E-state index in [1.807, 2.05) is 0 Å². The minimum absolute atomic E-state index is 0.286. The first kappa shape index (κ1) is 14.0. The maximum absolute atomic E-state index is 10.7. The lowest BCUT2D eigenvalue weighted by Crippen LogP contribution is -2.38. The fourth-order valence-corrected chi connectivity index (χ4v) is 3.03. The molecule has 1 saturated carbocycles. The van der Waals surface area contributed by atoms with Crippen molar-refractivity contribution in [3.63, 3.8) is 0 Å². The van der Waals surface area contributed by atoms with Crippen LogP contribution < -0.4 is 0 Å². The fourth-order valence-electron chi connectivity index (χ4n) is 3.03. The van der Waals surface area contributed by atoms with Gasteiger partial charge >= 0.3 is 0 Å². The Labute approximate surface area is 100 Å². The molecule has 2 N–H and O–H groups in total. The van der Waals surface area contributed by atoms with Crippen molar-refractivity contribution >= 4 is 0 Å². The van der Waals surface area contributed by atoms with E-state index >= 15 is 0 Å². The maximum atomic E-state index is 10.7. The summed E-state index contributed by atoms with van der Waals surface area (Å²) in [5.74, 6) is 0.528. The summed E-state index contributed by atoms with van der Waals surface area (Å²) in [6, 6.07) is 0. The molecule has 1 aliphatic carbocycles. The topological polar surface area (TPSA) is 40.5 Å². The fraction of sp³-hybridized carbons (Fsp3) is 1.00. The molecule has 0 amide bonds. The molecule has 1 unspecified atom stereocenters. The summed E-state index contributed by atoms with van der Waals surface area (Å²) in [6.45, 7) is 2.40. The van der Waals surface area contributed by atoms with Gasteiger partial charge in [-0.05, 0) is 38.0 Å².